The van der Waals surface area contributed by atoms with E-state index >= 15 is 0 Å². The molecule has 0 aliphatic carbocycles. The number of likely N-dealkylation sites (tertiary alicyclic amines) is 1. The highest BCUT2D eigenvalue weighted by atomic mass is 16.5. The predicted molar refractivity (Wildman–Crippen MR) is 88.1 cm³/mol. The first kappa shape index (κ1) is 22.2. The van der Waals surface area contributed by atoms with E-state index < -0.39 is 5.97 Å². The lowest BCUT2D eigenvalue weighted by atomic mass is 10.4. The standard InChI is InChI=1S/C6H11N.C6H10O3.C4H7NO/c1-2-7-5-3-4-6-7;1-5(2)6(8)9-4-3-7;1-3-4(6)5-2/h2H,1,3-6H2;7H,1,3-4H2,2H3;3H,1H2,2H3,(H,5,6). The molecule has 0 aromatic carbocycles. The molecule has 1 heterocycles. The molecule has 0 atom stereocenters. The third kappa shape index (κ3) is 14.3. The van der Waals surface area contributed by atoms with E-state index in [-0.39, 0.29) is 19.1 Å². The number of carbonyl (C=O) groups excluding carboxylic acids is 2. The molecule has 1 fully saturated rings. The maximum absolute atomic E-state index is 10.5. The molecule has 126 valence electrons. The Hall–Kier alpha value is -2.08. The largest absolute Gasteiger partial charge is 0.460 e. The molecule has 0 unspecified atom stereocenters. The Balaban J connectivity index is 0. The highest BCUT2D eigenvalue weighted by Gasteiger charge is 2.04. The van der Waals surface area contributed by atoms with Crippen molar-refractivity contribution in [2.24, 2.45) is 0 Å². The van der Waals surface area contributed by atoms with E-state index in [0.717, 1.165) is 0 Å². The Morgan fingerprint density at radius 3 is 2.09 bits per heavy atom. The molecule has 2 N–H and O–H groups in total. The molecular formula is C16H28N2O4. The Bertz CT molecular complexity index is 361. The number of aliphatic hydroxyl groups excluding tert-OH is 1. The number of aliphatic hydroxyl groups is 1. The van der Waals surface area contributed by atoms with Gasteiger partial charge in [-0.2, -0.15) is 0 Å². The van der Waals surface area contributed by atoms with Crippen LogP contribution in [-0.2, 0) is 14.3 Å². The summed E-state index contributed by atoms with van der Waals surface area (Å²) in [4.78, 5) is 22.7. The van der Waals surface area contributed by atoms with E-state index in [1.807, 2.05) is 6.20 Å². The number of carbonyl (C=O) groups is 2. The van der Waals surface area contributed by atoms with Crippen LogP contribution >= 0.6 is 0 Å². The number of nitrogens with zero attached hydrogens (tertiary/aromatic N) is 1. The SMILES string of the molecule is C=C(C)C(=O)OCCO.C=CC(=O)NC.C=CN1CCCC1. The predicted octanol–water partition coefficient (Wildman–Crippen LogP) is 1.24. The summed E-state index contributed by atoms with van der Waals surface area (Å²) in [6.45, 7) is 14.2. The van der Waals surface area contributed by atoms with Gasteiger partial charge in [-0.3, -0.25) is 4.79 Å². The number of amides is 1. The maximum Gasteiger partial charge on any atom is 0.333 e. The van der Waals surface area contributed by atoms with E-state index in [0.29, 0.717) is 5.57 Å². The summed E-state index contributed by atoms with van der Waals surface area (Å²) in [6, 6.07) is 0. The number of hydrogen-bond acceptors (Lipinski definition) is 5. The fourth-order valence-electron chi connectivity index (χ4n) is 1.29. The van der Waals surface area contributed by atoms with Crippen molar-refractivity contribution in [2.75, 3.05) is 33.4 Å². The van der Waals surface area contributed by atoms with E-state index in [1.54, 1.807) is 14.0 Å². The van der Waals surface area contributed by atoms with E-state index in [1.165, 1.54) is 32.0 Å². The second kappa shape index (κ2) is 15.3. The Kier molecular flexibility index (Phi) is 15.5. The molecule has 1 aliphatic heterocycles. The second-order valence-corrected chi connectivity index (χ2v) is 4.38. The summed E-state index contributed by atoms with van der Waals surface area (Å²) in [6.07, 6.45) is 5.85. The van der Waals surface area contributed by atoms with Gasteiger partial charge in [-0.05, 0) is 32.0 Å². The summed E-state index contributed by atoms with van der Waals surface area (Å²) < 4.78 is 4.46. The topological polar surface area (TPSA) is 78.9 Å². The quantitative estimate of drug-likeness (QED) is 0.590. The zero-order valence-corrected chi connectivity index (χ0v) is 13.6. The lowest BCUT2D eigenvalue weighted by Crippen LogP contribution is -2.13. The molecule has 0 saturated carbocycles. The normalized spacial score (nSPS) is 11.9. The lowest BCUT2D eigenvalue weighted by Gasteiger charge is -2.07. The Morgan fingerprint density at radius 1 is 1.32 bits per heavy atom. The highest BCUT2D eigenvalue weighted by Crippen LogP contribution is 2.05. The van der Waals surface area contributed by atoms with Gasteiger partial charge in [0.15, 0.2) is 0 Å². The third-order valence-corrected chi connectivity index (χ3v) is 2.50. The molecule has 0 bridgehead atoms. The first-order valence-corrected chi connectivity index (χ1v) is 7.07. The maximum atomic E-state index is 10.5. The number of ether oxygens (including phenoxy) is 1. The van der Waals surface area contributed by atoms with Gasteiger partial charge in [-0.25, -0.2) is 4.79 Å². The van der Waals surface area contributed by atoms with Gasteiger partial charge in [-0.1, -0.05) is 19.7 Å². The average Bonchev–Trinajstić information content (AvgIpc) is 3.06. The number of likely N-dealkylation sites (N-methyl/N-ethyl adjacent to an activating group) is 1. The van der Waals surface area contributed by atoms with Gasteiger partial charge in [0.2, 0.25) is 5.91 Å². The lowest BCUT2D eigenvalue weighted by molar-refractivity contribution is -0.139. The molecule has 1 rings (SSSR count). The summed E-state index contributed by atoms with van der Waals surface area (Å²) in [5.41, 5.74) is 0.350. The van der Waals surface area contributed by atoms with Crippen LogP contribution in [0.15, 0.2) is 37.6 Å². The van der Waals surface area contributed by atoms with Gasteiger partial charge in [-0.15, -0.1) is 0 Å². The zero-order valence-electron chi connectivity index (χ0n) is 13.6. The molecule has 1 aliphatic rings. The van der Waals surface area contributed by atoms with Gasteiger partial charge < -0.3 is 20.1 Å². The Labute approximate surface area is 133 Å². The van der Waals surface area contributed by atoms with Crippen LogP contribution in [0.25, 0.3) is 0 Å². The fraction of sp³-hybridized carbons (Fsp3) is 0.500. The molecule has 1 amide bonds. The summed E-state index contributed by atoms with van der Waals surface area (Å²) in [5.74, 6) is -0.598. The molecule has 6 heteroatoms. The van der Waals surface area contributed by atoms with E-state index in [9.17, 15) is 9.59 Å². The minimum atomic E-state index is -0.455. The van der Waals surface area contributed by atoms with Crippen LogP contribution in [0.3, 0.4) is 0 Å². The zero-order chi connectivity index (χ0) is 17.4. The van der Waals surface area contributed by atoms with Crippen molar-refractivity contribution >= 4 is 11.9 Å². The molecule has 1 saturated heterocycles. The van der Waals surface area contributed by atoms with Crippen LogP contribution in [0.2, 0.25) is 0 Å². The first-order valence-electron chi connectivity index (χ1n) is 7.07. The smallest absolute Gasteiger partial charge is 0.333 e. The van der Waals surface area contributed by atoms with Gasteiger partial charge in [0.25, 0.3) is 0 Å². The molecule has 22 heavy (non-hydrogen) atoms. The van der Waals surface area contributed by atoms with Crippen LogP contribution in [0, 0.1) is 0 Å². The first-order chi connectivity index (χ1) is 10.4. The van der Waals surface area contributed by atoms with Gasteiger partial charge in [0.1, 0.15) is 6.61 Å². The van der Waals surface area contributed by atoms with Crippen molar-refractivity contribution in [3.8, 4) is 0 Å². The van der Waals surface area contributed by atoms with Crippen molar-refractivity contribution in [2.45, 2.75) is 19.8 Å². The van der Waals surface area contributed by atoms with E-state index in [4.69, 9.17) is 5.11 Å². The van der Waals surface area contributed by atoms with E-state index in [2.05, 4.69) is 34.7 Å². The molecule has 0 aromatic heterocycles. The van der Waals surface area contributed by atoms with Crippen LogP contribution in [-0.4, -0.2) is 55.2 Å². The number of rotatable bonds is 5. The van der Waals surface area contributed by atoms with Crippen LogP contribution in [0.1, 0.15) is 19.8 Å². The summed E-state index contributed by atoms with van der Waals surface area (Å²) in [7, 11) is 1.56. The minimum absolute atomic E-state index is 0.0473. The summed E-state index contributed by atoms with van der Waals surface area (Å²) >= 11 is 0. The monoisotopic (exact) mass is 312 g/mol. The van der Waals surface area contributed by atoms with Crippen LogP contribution in [0.5, 0.6) is 0 Å². The van der Waals surface area contributed by atoms with Crippen molar-refractivity contribution in [1.82, 2.24) is 10.2 Å². The molecule has 0 spiro atoms. The van der Waals surface area contributed by atoms with Gasteiger partial charge >= 0.3 is 5.97 Å². The fourth-order valence-corrected chi connectivity index (χ4v) is 1.29. The second-order valence-electron chi connectivity index (χ2n) is 4.38. The molecule has 0 radical (unpaired) electrons. The molecule has 6 nitrogen and oxygen atoms in total. The van der Waals surface area contributed by atoms with Crippen molar-refractivity contribution in [3.63, 3.8) is 0 Å². The average molecular weight is 312 g/mol. The third-order valence-electron chi connectivity index (χ3n) is 2.50. The Morgan fingerprint density at radius 2 is 1.86 bits per heavy atom. The van der Waals surface area contributed by atoms with Crippen molar-refractivity contribution in [1.29, 1.82) is 0 Å². The molecular weight excluding hydrogens is 284 g/mol. The van der Waals surface area contributed by atoms with Crippen LogP contribution in [0.4, 0.5) is 0 Å². The highest BCUT2D eigenvalue weighted by molar-refractivity contribution is 5.87. The minimum Gasteiger partial charge on any atom is -0.460 e. The number of hydrogen-bond donors (Lipinski definition) is 2. The van der Waals surface area contributed by atoms with Gasteiger partial charge in [0, 0.05) is 25.7 Å². The van der Waals surface area contributed by atoms with Gasteiger partial charge in [0.05, 0.1) is 6.61 Å². The number of nitrogens with one attached hydrogen (secondary N) is 1. The van der Waals surface area contributed by atoms with Crippen molar-refractivity contribution < 1.29 is 19.4 Å². The van der Waals surface area contributed by atoms with Crippen LogP contribution < -0.4 is 5.32 Å². The molecule has 0 aromatic rings. The summed E-state index contributed by atoms with van der Waals surface area (Å²) in [5, 5.41) is 10.5. The number of esters is 1. The van der Waals surface area contributed by atoms with Crippen molar-refractivity contribution in [3.05, 3.63) is 37.6 Å².